The van der Waals surface area contributed by atoms with E-state index < -0.39 is 8.07 Å². The van der Waals surface area contributed by atoms with Crippen molar-refractivity contribution in [1.82, 2.24) is 14.5 Å². The standard InChI is InChI=1S/C28H21N2O.C18H24NSi.Ir/c1-17-15-18(2)26(19(3)16-17)30-24-13-6-5-12-23(24)29-28(30)22-11-8-10-21-20-9-4-7-14-25(20)31-27(21)22;1-18(2,3)15-9-7-14(8-10-15)17-12-11-16(13-19-17)20(4,5)6;/h4-10,12-16H,1-3H3;7,9-13H,1-6H3;/q2*-1;. The molecule has 0 unspecified atom stereocenters. The topological polar surface area (TPSA) is 43.9 Å². The summed E-state index contributed by atoms with van der Waals surface area (Å²) in [5.74, 6) is 0.848. The zero-order valence-corrected chi connectivity index (χ0v) is 34.9. The van der Waals surface area contributed by atoms with Gasteiger partial charge >= 0.3 is 0 Å². The summed E-state index contributed by atoms with van der Waals surface area (Å²) in [5, 5.41) is 3.59. The number of aryl methyl sites for hydroxylation is 3. The Morgan fingerprint density at radius 2 is 1.48 bits per heavy atom. The Labute approximate surface area is 322 Å². The Morgan fingerprint density at radius 3 is 2.13 bits per heavy atom. The first kappa shape index (κ1) is 37.2. The van der Waals surface area contributed by atoms with Crippen LogP contribution in [0.25, 0.3) is 61.3 Å². The summed E-state index contributed by atoms with van der Waals surface area (Å²) in [6.45, 7) is 20.2. The summed E-state index contributed by atoms with van der Waals surface area (Å²) < 4.78 is 8.58. The van der Waals surface area contributed by atoms with Gasteiger partial charge in [-0.05, 0) is 66.4 Å². The molecule has 0 atom stereocenters. The van der Waals surface area contributed by atoms with Crippen LogP contribution in [-0.2, 0) is 25.5 Å². The van der Waals surface area contributed by atoms with Crippen LogP contribution in [0.3, 0.4) is 0 Å². The summed E-state index contributed by atoms with van der Waals surface area (Å²) in [6, 6.07) is 42.5. The van der Waals surface area contributed by atoms with Gasteiger partial charge in [0.15, 0.2) is 0 Å². The minimum Gasteiger partial charge on any atom is -0.501 e. The second kappa shape index (κ2) is 14.4. The van der Waals surface area contributed by atoms with Crippen LogP contribution in [0, 0.1) is 32.9 Å². The number of rotatable bonds is 4. The number of hydrogen-bond donors (Lipinski definition) is 0. The van der Waals surface area contributed by atoms with E-state index in [0.717, 1.165) is 61.3 Å². The quantitative estimate of drug-likeness (QED) is 0.131. The molecule has 5 aromatic carbocycles. The van der Waals surface area contributed by atoms with E-state index in [1.807, 2.05) is 36.5 Å². The molecule has 0 saturated heterocycles. The van der Waals surface area contributed by atoms with Crippen molar-refractivity contribution in [2.24, 2.45) is 0 Å². The van der Waals surface area contributed by atoms with Crippen molar-refractivity contribution >= 4 is 46.2 Å². The summed E-state index contributed by atoms with van der Waals surface area (Å²) in [4.78, 5) is 9.67. The molecule has 3 heterocycles. The molecule has 0 aliphatic heterocycles. The number of pyridine rings is 1. The monoisotopic (exact) mass is 876 g/mol. The number of para-hydroxylation sites is 3. The van der Waals surface area contributed by atoms with Crippen molar-refractivity contribution in [3.63, 3.8) is 0 Å². The molecule has 4 nitrogen and oxygen atoms in total. The maximum atomic E-state index is 6.32. The summed E-state index contributed by atoms with van der Waals surface area (Å²) >= 11 is 0. The third kappa shape index (κ3) is 7.21. The molecule has 0 saturated carbocycles. The molecular weight excluding hydrogens is 831 g/mol. The molecule has 8 rings (SSSR count). The molecule has 3 aromatic heterocycles. The Bertz CT molecular complexity index is 2440. The Balaban J connectivity index is 0.000000193. The van der Waals surface area contributed by atoms with E-state index in [4.69, 9.17) is 9.40 Å². The molecule has 0 N–H and O–H groups in total. The van der Waals surface area contributed by atoms with Gasteiger partial charge in [0, 0.05) is 37.4 Å². The van der Waals surface area contributed by atoms with Gasteiger partial charge in [-0.3, -0.25) is 4.98 Å². The number of imidazole rings is 1. The van der Waals surface area contributed by atoms with Gasteiger partial charge in [0.05, 0.1) is 30.5 Å². The van der Waals surface area contributed by atoms with Crippen LogP contribution in [0.15, 0.2) is 114 Å². The third-order valence-electron chi connectivity index (χ3n) is 9.57. The minimum atomic E-state index is -1.26. The van der Waals surface area contributed by atoms with Gasteiger partial charge in [0.25, 0.3) is 0 Å². The first-order chi connectivity index (χ1) is 24.3. The predicted octanol–water partition coefficient (Wildman–Crippen LogP) is 11.7. The van der Waals surface area contributed by atoms with Crippen molar-refractivity contribution in [1.29, 1.82) is 0 Å². The zero-order valence-electron chi connectivity index (χ0n) is 31.5. The van der Waals surface area contributed by atoms with Gasteiger partial charge < -0.3 is 14.0 Å². The Morgan fingerprint density at radius 1 is 0.769 bits per heavy atom. The predicted molar refractivity (Wildman–Crippen MR) is 217 cm³/mol. The normalized spacial score (nSPS) is 11.8. The van der Waals surface area contributed by atoms with Crippen LogP contribution < -0.4 is 5.19 Å². The molecule has 6 heteroatoms. The van der Waals surface area contributed by atoms with E-state index >= 15 is 0 Å². The summed E-state index contributed by atoms with van der Waals surface area (Å²) in [7, 11) is -1.26. The van der Waals surface area contributed by atoms with Gasteiger partial charge in [0.2, 0.25) is 0 Å². The fraction of sp³-hybridized carbons (Fsp3) is 0.217. The maximum Gasteiger partial charge on any atom is 0.120 e. The SMILES string of the molecule is CC(C)(C)c1c[c-]c(-c2ccc([Si](C)(C)C)cn2)cc1.Cc1cc(C)c(-n2c(-c3[c-]ccc4c3oc3ccccc34)nc3ccccc32)c(C)c1.[Ir]. The van der Waals surface area contributed by atoms with Gasteiger partial charge in [-0.15, -0.1) is 53.6 Å². The van der Waals surface area contributed by atoms with Crippen LogP contribution in [0.5, 0.6) is 0 Å². The second-order valence-corrected chi connectivity index (χ2v) is 20.7. The van der Waals surface area contributed by atoms with E-state index in [2.05, 4.69) is 156 Å². The summed E-state index contributed by atoms with van der Waals surface area (Å²) in [6.07, 6.45) is 2.03. The molecular formula is C46H45IrN3OSi-2. The minimum absolute atomic E-state index is 0. The van der Waals surface area contributed by atoms with Gasteiger partial charge in [-0.25, -0.2) is 0 Å². The maximum absolute atomic E-state index is 6.32. The van der Waals surface area contributed by atoms with E-state index in [0.29, 0.717) is 0 Å². The molecule has 8 aromatic rings. The number of furan rings is 1. The number of aromatic nitrogens is 3. The average Bonchev–Trinajstić information content (AvgIpc) is 3.66. The number of nitrogens with zero attached hydrogens (tertiary/aromatic N) is 3. The zero-order chi connectivity index (χ0) is 36.1. The van der Waals surface area contributed by atoms with Gasteiger partial charge in [-0.2, -0.15) is 0 Å². The van der Waals surface area contributed by atoms with Crippen molar-refractivity contribution in [3.8, 4) is 28.3 Å². The van der Waals surface area contributed by atoms with Crippen LogP contribution in [0.1, 0.15) is 43.0 Å². The van der Waals surface area contributed by atoms with Crippen molar-refractivity contribution in [2.75, 3.05) is 0 Å². The first-order valence-electron chi connectivity index (χ1n) is 17.7. The van der Waals surface area contributed by atoms with Crippen LogP contribution in [0.4, 0.5) is 0 Å². The van der Waals surface area contributed by atoms with E-state index in [1.165, 1.54) is 27.4 Å². The molecule has 0 fully saturated rings. The van der Waals surface area contributed by atoms with Gasteiger partial charge in [-0.1, -0.05) is 112 Å². The van der Waals surface area contributed by atoms with E-state index in [1.54, 1.807) is 0 Å². The Kier molecular flexibility index (Phi) is 10.3. The average molecular weight is 876 g/mol. The molecule has 0 bridgehead atoms. The van der Waals surface area contributed by atoms with Crippen LogP contribution >= 0.6 is 0 Å². The number of fused-ring (bicyclic) bond motifs is 4. The van der Waals surface area contributed by atoms with Crippen LogP contribution in [0.2, 0.25) is 19.6 Å². The largest absolute Gasteiger partial charge is 0.501 e. The molecule has 52 heavy (non-hydrogen) atoms. The molecule has 0 aliphatic carbocycles. The third-order valence-corrected chi connectivity index (χ3v) is 11.6. The summed E-state index contributed by atoms with van der Waals surface area (Å²) in [5.41, 5.74) is 13.0. The second-order valence-electron chi connectivity index (χ2n) is 15.6. The van der Waals surface area contributed by atoms with Crippen molar-refractivity contribution in [2.45, 2.75) is 66.6 Å². The smallest absolute Gasteiger partial charge is 0.120 e. The molecule has 265 valence electrons. The molecule has 0 spiro atoms. The first-order valence-corrected chi connectivity index (χ1v) is 21.2. The molecule has 0 aliphatic rings. The molecule has 0 amide bonds. The fourth-order valence-corrected chi connectivity index (χ4v) is 7.88. The molecule has 1 radical (unpaired) electrons. The van der Waals surface area contributed by atoms with Crippen molar-refractivity contribution < 1.29 is 24.5 Å². The Hall–Kier alpha value is -4.61. The van der Waals surface area contributed by atoms with E-state index in [9.17, 15) is 0 Å². The number of hydrogen-bond acceptors (Lipinski definition) is 3. The van der Waals surface area contributed by atoms with Crippen LogP contribution in [-0.4, -0.2) is 22.6 Å². The van der Waals surface area contributed by atoms with E-state index in [-0.39, 0.29) is 25.5 Å². The fourth-order valence-electron chi connectivity index (χ4n) is 6.85. The van der Waals surface area contributed by atoms with Crippen molar-refractivity contribution in [3.05, 3.63) is 144 Å². The number of benzene rings is 5. The van der Waals surface area contributed by atoms with Gasteiger partial charge in [0.1, 0.15) is 5.58 Å².